The summed E-state index contributed by atoms with van der Waals surface area (Å²) in [6, 6.07) is 6.87. The standard InChI is InChI=1S/C85H148N10O32/c1-85(2,3)127-83(102)72(68-75(96)71-8-11-74(12-9-71)94(4)70-73-69-90-82-80(91-73)81(86)92-84(87)93-82)10-13-76(97)88-17-6-19-95(78(99)14-15-79(100)101)20-7-18-89-77(98)16-21-104-24-25-106-28-29-108-32-33-110-36-37-112-40-41-114-44-45-116-48-49-118-52-53-120-56-57-122-60-61-124-64-65-126-67-66-125-63-62-123-59-58-121-55-54-119-51-50-117-47-46-115-43-42-113-39-38-111-35-34-109-31-30-107-27-26-105-23-22-103-5/h8-9,11-12,69,72H,6-7,10,13-68,70H2,1-5H3,(H,88,97)(H,89,98)(H,100,101)(H4,86,87,90,92,93)/t72-/m0/s1. The Hall–Kier alpha value is -6.90. The van der Waals surface area contributed by atoms with Crippen molar-refractivity contribution in [3.63, 3.8) is 0 Å². The van der Waals surface area contributed by atoms with Gasteiger partial charge in [-0.3, -0.25) is 28.8 Å². The van der Waals surface area contributed by atoms with Crippen LogP contribution in [0.3, 0.4) is 0 Å². The number of nitrogens with two attached hydrogens (primary N) is 2. The number of rotatable bonds is 93. The van der Waals surface area contributed by atoms with Crippen LogP contribution in [0.1, 0.15) is 88.2 Å². The Balaban J connectivity index is 0.987. The fraction of sp³-hybridized carbons (Fsp3) is 0.788. The number of carboxylic acids is 1. The number of aromatic nitrogens is 4. The molecule has 1 aromatic carbocycles. The van der Waals surface area contributed by atoms with Gasteiger partial charge in [0, 0.05) is 77.3 Å². The van der Waals surface area contributed by atoms with Crippen molar-refractivity contribution in [2.45, 2.75) is 84.3 Å². The molecule has 2 aromatic heterocycles. The molecule has 0 aliphatic carbocycles. The molecule has 0 bridgehead atoms. The van der Waals surface area contributed by atoms with E-state index in [9.17, 15) is 33.9 Å². The number of nitrogen functional groups attached to an aromatic ring is 2. The molecule has 7 N–H and O–H groups in total. The summed E-state index contributed by atoms with van der Waals surface area (Å²) in [7, 11) is 3.49. The number of amides is 3. The fourth-order valence-electron chi connectivity index (χ4n) is 10.8. The van der Waals surface area contributed by atoms with Gasteiger partial charge in [-0.1, -0.05) is 0 Å². The Kier molecular flexibility index (Phi) is 73.0. The Morgan fingerprint density at radius 3 is 1.04 bits per heavy atom. The third kappa shape index (κ3) is 68.8. The molecule has 0 saturated heterocycles. The van der Waals surface area contributed by atoms with E-state index in [1.165, 1.54) is 4.90 Å². The van der Waals surface area contributed by atoms with Gasteiger partial charge in [-0.2, -0.15) is 9.97 Å². The maximum Gasteiger partial charge on any atom is 0.309 e. The van der Waals surface area contributed by atoms with Crippen LogP contribution in [0.2, 0.25) is 0 Å². The Labute approximate surface area is 748 Å². The highest BCUT2D eigenvalue weighted by molar-refractivity contribution is 5.98. The minimum Gasteiger partial charge on any atom is -0.481 e. The number of Topliss-reactive ketones (excluding diaryl/α,β-unsaturated/α-hetero) is 1. The van der Waals surface area contributed by atoms with Crippen molar-refractivity contribution in [2.75, 3.05) is 367 Å². The van der Waals surface area contributed by atoms with Gasteiger partial charge in [-0.15, -0.1) is 0 Å². The molecule has 0 unspecified atom stereocenters. The summed E-state index contributed by atoms with van der Waals surface area (Å²) in [6.45, 7) is 27.8. The molecule has 1 atom stereocenters. The van der Waals surface area contributed by atoms with Crippen molar-refractivity contribution in [1.82, 2.24) is 35.5 Å². The number of methoxy groups -OCH3 is 1. The predicted molar refractivity (Wildman–Crippen MR) is 464 cm³/mol. The largest absolute Gasteiger partial charge is 0.481 e. The number of carboxylic acid groups (broad SMARTS) is 1. The molecule has 42 heteroatoms. The van der Waals surface area contributed by atoms with Gasteiger partial charge in [-0.05, 0) is 64.3 Å². The Bertz CT molecular complexity index is 3180. The van der Waals surface area contributed by atoms with Gasteiger partial charge in [0.15, 0.2) is 22.8 Å². The maximum atomic E-state index is 13.6. The minimum absolute atomic E-state index is 0.00266. The smallest absolute Gasteiger partial charge is 0.309 e. The molecule has 0 saturated carbocycles. The van der Waals surface area contributed by atoms with Gasteiger partial charge in [0.1, 0.15) is 5.60 Å². The first-order valence-corrected chi connectivity index (χ1v) is 43.9. The molecular weight excluding hydrogens is 1670 g/mol. The van der Waals surface area contributed by atoms with E-state index < -0.39 is 23.5 Å². The molecule has 3 rings (SSSR count). The second-order valence-corrected chi connectivity index (χ2v) is 28.8. The Morgan fingerprint density at radius 1 is 0.409 bits per heavy atom. The number of fused-ring (bicyclic) bond motifs is 1. The van der Waals surface area contributed by atoms with Crippen molar-refractivity contribution in [2.24, 2.45) is 5.92 Å². The van der Waals surface area contributed by atoms with Crippen molar-refractivity contribution in [1.29, 1.82) is 0 Å². The first kappa shape index (κ1) is 114. The first-order chi connectivity index (χ1) is 61.9. The molecule has 0 aliphatic rings. The van der Waals surface area contributed by atoms with Crippen LogP contribution in [0.25, 0.3) is 11.2 Å². The van der Waals surface area contributed by atoms with E-state index in [0.717, 1.165) is 5.69 Å². The third-order valence-electron chi connectivity index (χ3n) is 17.3. The van der Waals surface area contributed by atoms with Gasteiger partial charge in [-0.25, -0.2) is 9.97 Å². The molecule has 127 heavy (non-hydrogen) atoms. The van der Waals surface area contributed by atoms with Crippen molar-refractivity contribution >= 4 is 64.1 Å². The van der Waals surface area contributed by atoms with Gasteiger partial charge in [0.2, 0.25) is 23.7 Å². The molecule has 0 spiro atoms. The second-order valence-electron chi connectivity index (χ2n) is 28.8. The molecule has 2 heterocycles. The number of esters is 1. The summed E-state index contributed by atoms with van der Waals surface area (Å²) in [5, 5.41) is 14.9. The average Bonchev–Trinajstić information content (AvgIpc) is 0.808. The van der Waals surface area contributed by atoms with Crippen molar-refractivity contribution in [3.05, 3.63) is 41.7 Å². The number of ketones is 1. The number of benzene rings is 1. The zero-order valence-electron chi connectivity index (χ0n) is 75.8. The average molecular weight is 1820 g/mol. The molecule has 730 valence electrons. The van der Waals surface area contributed by atoms with Crippen LogP contribution in [-0.2, 0) is 149 Å². The monoisotopic (exact) mass is 1820 g/mol. The van der Waals surface area contributed by atoms with Gasteiger partial charge >= 0.3 is 11.9 Å². The summed E-state index contributed by atoms with van der Waals surface area (Å²) < 4.78 is 137. The number of ether oxygens (including phenoxy) is 25. The highest BCUT2D eigenvalue weighted by atomic mass is 16.6. The number of hydrogen-bond acceptors (Lipinski definition) is 38. The van der Waals surface area contributed by atoms with E-state index in [4.69, 9.17) is 130 Å². The quantitative estimate of drug-likeness (QED) is 0.0308. The van der Waals surface area contributed by atoms with E-state index in [1.54, 1.807) is 58.3 Å². The maximum absolute atomic E-state index is 13.6. The van der Waals surface area contributed by atoms with Crippen LogP contribution in [0.5, 0.6) is 0 Å². The molecule has 3 amide bonds. The number of nitrogens with one attached hydrogen (secondary N) is 2. The zero-order valence-corrected chi connectivity index (χ0v) is 75.8. The number of nitrogens with zero attached hydrogens (tertiary/aromatic N) is 6. The molecule has 0 radical (unpaired) electrons. The fourth-order valence-corrected chi connectivity index (χ4v) is 10.8. The normalized spacial score (nSPS) is 11.9. The number of aliphatic carboxylic acids is 1. The lowest BCUT2D eigenvalue weighted by molar-refractivity contribution is -0.160. The summed E-state index contributed by atoms with van der Waals surface area (Å²) >= 11 is 0. The van der Waals surface area contributed by atoms with Crippen LogP contribution in [0, 0.1) is 5.92 Å². The van der Waals surface area contributed by atoms with Crippen LogP contribution in [-0.4, -0.2) is 422 Å². The zero-order chi connectivity index (χ0) is 91.6. The van der Waals surface area contributed by atoms with Crippen molar-refractivity contribution < 1.29 is 152 Å². The van der Waals surface area contributed by atoms with E-state index in [2.05, 4.69) is 30.6 Å². The molecule has 42 nitrogen and oxygen atoms in total. The molecule has 3 aromatic rings. The number of carbonyl (C=O) groups is 6. The highest BCUT2D eigenvalue weighted by Gasteiger charge is 2.29. The molecule has 0 aliphatic heterocycles. The summed E-state index contributed by atoms with van der Waals surface area (Å²) in [6.07, 6.45) is 1.64. The SMILES string of the molecule is COCCOCCOCCOCCOCCOCCOCCOCCOCCOCCOCCOCCOCCOCCOCCOCCOCCOCCOCCOCCOCCOCCOCCOCCC(=O)NCCCN(CCCNC(=O)CC[C@@H](CC(=O)c1ccc(N(C)Cc2cnc3nc(N)nc(N)c3n2)cc1)C(=O)OC(C)(C)C)C(=O)CCC(=O)O. The van der Waals surface area contributed by atoms with E-state index in [0.29, 0.717) is 333 Å². The topological polar surface area (TPSA) is 488 Å². The highest BCUT2D eigenvalue weighted by Crippen LogP contribution is 2.24. The van der Waals surface area contributed by atoms with E-state index in [1.807, 2.05) is 11.9 Å². The van der Waals surface area contributed by atoms with E-state index >= 15 is 0 Å². The van der Waals surface area contributed by atoms with Crippen molar-refractivity contribution in [3.8, 4) is 0 Å². The molecule has 0 fully saturated rings. The van der Waals surface area contributed by atoms with E-state index in [-0.39, 0.29) is 119 Å². The molecular formula is C85H148N10O32. The lowest BCUT2D eigenvalue weighted by Crippen LogP contribution is -2.37. The summed E-state index contributed by atoms with van der Waals surface area (Å²) in [5.74, 6) is -3.79. The number of hydrogen-bond donors (Lipinski definition) is 5. The van der Waals surface area contributed by atoms with Crippen LogP contribution >= 0.6 is 0 Å². The second kappa shape index (κ2) is 81.1. The van der Waals surface area contributed by atoms with Crippen LogP contribution < -0.4 is 27.0 Å². The van der Waals surface area contributed by atoms with Gasteiger partial charge in [0.05, 0.1) is 341 Å². The van der Waals surface area contributed by atoms with Crippen LogP contribution in [0.4, 0.5) is 17.5 Å². The third-order valence-corrected chi connectivity index (χ3v) is 17.3. The minimum atomic E-state index is -1.11. The lowest BCUT2D eigenvalue weighted by atomic mass is 9.93. The number of carbonyl (C=O) groups excluding carboxylic acids is 5. The van der Waals surface area contributed by atoms with Crippen LogP contribution in [0.15, 0.2) is 30.5 Å². The van der Waals surface area contributed by atoms with Gasteiger partial charge < -0.3 is 155 Å². The number of anilines is 3. The summed E-state index contributed by atoms with van der Waals surface area (Å²) in [4.78, 5) is 97.3. The summed E-state index contributed by atoms with van der Waals surface area (Å²) in [5.41, 5.74) is 13.2. The van der Waals surface area contributed by atoms with Gasteiger partial charge in [0.25, 0.3) is 0 Å². The lowest BCUT2D eigenvalue weighted by Gasteiger charge is -2.24. The predicted octanol–water partition coefficient (Wildman–Crippen LogP) is 2.66. The first-order valence-electron chi connectivity index (χ1n) is 43.9. The Morgan fingerprint density at radius 2 is 0.724 bits per heavy atom.